The molecule has 0 saturated heterocycles. The van der Waals surface area contributed by atoms with E-state index in [2.05, 4.69) is 20.6 Å². The van der Waals surface area contributed by atoms with Crippen molar-refractivity contribution in [2.75, 3.05) is 27.2 Å². The SMILES string of the molecule is CCNC(=NCc1ccc(S(=O)(=O)N(C)C)cc1)NCCc1c[nH]c2cc(F)ccc12. The van der Waals surface area contributed by atoms with Gasteiger partial charge in [0.05, 0.1) is 11.4 Å². The lowest BCUT2D eigenvalue weighted by Crippen LogP contribution is -2.38. The number of H-pyrrole nitrogens is 1. The smallest absolute Gasteiger partial charge is 0.242 e. The van der Waals surface area contributed by atoms with Crippen LogP contribution in [0.25, 0.3) is 10.9 Å². The van der Waals surface area contributed by atoms with Gasteiger partial charge in [-0.25, -0.2) is 22.1 Å². The number of sulfonamides is 1. The van der Waals surface area contributed by atoms with E-state index >= 15 is 0 Å². The lowest BCUT2D eigenvalue weighted by Gasteiger charge is -2.12. The zero-order chi connectivity index (χ0) is 22.4. The van der Waals surface area contributed by atoms with E-state index < -0.39 is 10.0 Å². The van der Waals surface area contributed by atoms with Crippen LogP contribution in [-0.4, -0.2) is 50.9 Å². The van der Waals surface area contributed by atoms with Gasteiger partial charge in [0.15, 0.2) is 5.96 Å². The topological polar surface area (TPSA) is 89.6 Å². The molecule has 0 fully saturated rings. The van der Waals surface area contributed by atoms with Gasteiger partial charge in [-0.15, -0.1) is 0 Å². The highest BCUT2D eigenvalue weighted by Crippen LogP contribution is 2.19. The summed E-state index contributed by atoms with van der Waals surface area (Å²) in [6.45, 7) is 3.80. The van der Waals surface area contributed by atoms with Crippen LogP contribution in [0.2, 0.25) is 0 Å². The van der Waals surface area contributed by atoms with Crippen LogP contribution in [0.3, 0.4) is 0 Å². The first-order chi connectivity index (χ1) is 14.8. The number of hydrogen-bond acceptors (Lipinski definition) is 3. The zero-order valence-corrected chi connectivity index (χ0v) is 18.8. The number of guanidine groups is 1. The maximum atomic E-state index is 13.3. The number of aromatic nitrogens is 1. The quantitative estimate of drug-likeness (QED) is 0.367. The molecule has 0 atom stereocenters. The fourth-order valence-corrected chi connectivity index (χ4v) is 4.07. The number of aromatic amines is 1. The Morgan fingerprint density at radius 2 is 1.87 bits per heavy atom. The third-order valence-electron chi connectivity index (χ3n) is 4.88. The van der Waals surface area contributed by atoms with Gasteiger partial charge < -0.3 is 15.6 Å². The van der Waals surface area contributed by atoms with Gasteiger partial charge in [0.2, 0.25) is 10.0 Å². The van der Waals surface area contributed by atoms with E-state index in [1.54, 1.807) is 30.3 Å². The third kappa shape index (κ3) is 5.62. The summed E-state index contributed by atoms with van der Waals surface area (Å²) in [6, 6.07) is 11.5. The summed E-state index contributed by atoms with van der Waals surface area (Å²) in [5.74, 6) is 0.423. The Morgan fingerprint density at radius 1 is 1.13 bits per heavy atom. The normalized spacial score (nSPS) is 12.5. The monoisotopic (exact) mass is 445 g/mol. The second kappa shape index (κ2) is 9.93. The van der Waals surface area contributed by atoms with Crippen LogP contribution in [0.15, 0.2) is 58.5 Å². The third-order valence-corrected chi connectivity index (χ3v) is 6.71. The van der Waals surface area contributed by atoms with Gasteiger partial charge >= 0.3 is 0 Å². The van der Waals surface area contributed by atoms with E-state index in [0.29, 0.717) is 19.0 Å². The van der Waals surface area contributed by atoms with Crippen LogP contribution in [0, 0.1) is 5.82 Å². The van der Waals surface area contributed by atoms with Gasteiger partial charge in [-0.1, -0.05) is 12.1 Å². The number of nitrogens with one attached hydrogen (secondary N) is 3. The van der Waals surface area contributed by atoms with Gasteiger partial charge in [0.25, 0.3) is 0 Å². The second-order valence-corrected chi connectivity index (χ2v) is 9.46. The van der Waals surface area contributed by atoms with Gasteiger partial charge in [-0.05, 0) is 54.8 Å². The standard InChI is InChI=1S/C22H28FN5O2S/c1-4-24-22(25-12-11-17-15-26-21-13-18(23)7-10-20(17)21)27-14-16-5-8-19(9-6-16)31(29,30)28(2)3/h5-10,13,15,26H,4,11-12,14H2,1-3H3,(H2,24,25,27). The van der Waals surface area contributed by atoms with E-state index in [0.717, 1.165) is 35.0 Å². The first kappa shape index (κ1) is 22.8. The highest BCUT2D eigenvalue weighted by Gasteiger charge is 2.16. The summed E-state index contributed by atoms with van der Waals surface area (Å²) in [6.07, 6.45) is 2.66. The minimum atomic E-state index is -3.44. The van der Waals surface area contributed by atoms with Crippen LogP contribution >= 0.6 is 0 Å². The molecular weight excluding hydrogens is 417 g/mol. The van der Waals surface area contributed by atoms with Gasteiger partial charge in [-0.3, -0.25) is 0 Å². The van der Waals surface area contributed by atoms with Gasteiger partial charge in [0, 0.05) is 44.3 Å². The van der Waals surface area contributed by atoms with E-state index in [1.807, 2.05) is 13.1 Å². The van der Waals surface area contributed by atoms with Crippen molar-refractivity contribution in [1.29, 1.82) is 0 Å². The Balaban J connectivity index is 1.61. The molecular formula is C22H28FN5O2S. The van der Waals surface area contributed by atoms with Crippen LogP contribution in [0.5, 0.6) is 0 Å². The van der Waals surface area contributed by atoms with Crippen molar-refractivity contribution in [3.05, 3.63) is 65.6 Å². The number of halogens is 1. The molecule has 31 heavy (non-hydrogen) atoms. The van der Waals surface area contributed by atoms with Gasteiger partial charge in [-0.2, -0.15) is 0 Å². The van der Waals surface area contributed by atoms with E-state index in [1.165, 1.54) is 30.5 Å². The number of fused-ring (bicyclic) bond motifs is 1. The Kier molecular flexibility index (Phi) is 7.29. The molecule has 9 heteroatoms. The largest absolute Gasteiger partial charge is 0.361 e. The molecule has 3 N–H and O–H groups in total. The summed E-state index contributed by atoms with van der Waals surface area (Å²) < 4.78 is 38.9. The molecule has 1 aromatic heterocycles. The summed E-state index contributed by atoms with van der Waals surface area (Å²) in [7, 11) is -0.415. The molecule has 2 aromatic carbocycles. The summed E-state index contributed by atoms with van der Waals surface area (Å²) in [5.41, 5.74) is 2.81. The molecule has 0 radical (unpaired) electrons. The van der Waals surface area contributed by atoms with Crippen molar-refractivity contribution in [1.82, 2.24) is 19.9 Å². The van der Waals surface area contributed by atoms with Crippen LogP contribution in [-0.2, 0) is 23.0 Å². The predicted octanol–water partition coefficient (Wildman–Crippen LogP) is 2.86. The molecule has 3 aromatic rings. The van der Waals surface area contributed by atoms with Crippen molar-refractivity contribution < 1.29 is 12.8 Å². The summed E-state index contributed by atoms with van der Waals surface area (Å²) >= 11 is 0. The molecule has 1 heterocycles. The summed E-state index contributed by atoms with van der Waals surface area (Å²) in [4.78, 5) is 7.94. The van der Waals surface area contributed by atoms with Crippen molar-refractivity contribution in [3.63, 3.8) is 0 Å². The first-order valence-electron chi connectivity index (χ1n) is 10.1. The van der Waals surface area contributed by atoms with E-state index in [-0.39, 0.29) is 10.7 Å². The molecule has 0 bridgehead atoms. The van der Waals surface area contributed by atoms with Crippen molar-refractivity contribution in [2.45, 2.75) is 24.8 Å². The van der Waals surface area contributed by atoms with Crippen LogP contribution in [0.4, 0.5) is 4.39 Å². The highest BCUT2D eigenvalue weighted by molar-refractivity contribution is 7.89. The second-order valence-electron chi connectivity index (χ2n) is 7.31. The highest BCUT2D eigenvalue weighted by atomic mass is 32.2. The molecule has 166 valence electrons. The Hall–Kier alpha value is -2.91. The minimum absolute atomic E-state index is 0.257. The first-order valence-corrected chi connectivity index (χ1v) is 11.5. The number of nitrogens with zero attached hydrogens (tertiary/aromatic N) is 2. The fourth-order valence-electron chi connectivity index (χ4n) is 3.17. The zero-order valence-electron chi connectivity index (χ0n) is 17.9. The number of benzene rings is 2. The summed E-state index contributed by atoms with van der Waals surface area (Å²) in [5, 5.41) is 7.52. The lowest BCUT2D eigenvalue weighted by atomic mass is 10.1. The average Bonchev–Trinajstić information content (AvgIpc) is 3.14. The number of hydrogen-bond donors (Lipinski definition) is 3. The Morgan fingerprint density at radius 3 is 2.55 bits per heavy atom. The maximum Gasteiger partial charge on any atom is 0.242 e. The Labute approximate surface area is 182 Å². The molecule has 0 amide bonds. The van der Waals surface area contributed by atoms with E-state index in [4.69, 9.17) is 0 Å². The number of aliphatic imine (C=N–C) groups is 1. The molecule has 0 aliphatic heterocycles. The molecule has 0 saturated carbocycles. The van der Waals surface area contributed by atoms with E-state index in [9.17, 15) is 12.8 Å². The number of rotatable bonds is 8. The molecule has 0 unspecified atom stereocenters. The van der Waals surface area contributed by atoms with Gasteiger partial charge in [0.1, 0.15) is 5.82 Å². The predicted molar refractivity (Wildman–Crippen MR) is 122 cm³/mol. The van der Waals surface area contributed by atoms with Crippen molar-refractivity contribution in [3.8, 4) is 0 Å². The average molecular weight is 446 g/mol. The molecule has 0 aliphatic carbocycles. The van der Waals surface area contributed by atoms with Crippen LogP contribution < -0.4 is 10.6 Å². The molecule has 0 aliphatic rings. The minimum Gasteiger partial charge on any atom is -0.361 e. The van der Waals surface area contributed by atoms with Crippen LogP contribution in [0.1, 0.15) is 18.1 Å². The molecule has 7 nitrogen and oxygen atoms in total. The lowest BCUT2D eigenvalue weighted by molar-refractivity contribution is 0.520. The molecule has 0 spiro atoms. The van der Waals surface area contributed by atoms with Crippen molar-refractivity contribution >= 4 is 26.9 Å². The Bertz CT molecular complexity index is 1150. The maximum absolute atomic E-state index is 13.3. The fraction of sp³-hybridized carbons (Fsp3) is 0.318. The molecule has 3 rings (SSSR count). The van der Waals surface area contributed by atoms with Crippen molar-refractivity contribution in [2.24, 2.45) is 4.99 Å².